The van der Waals surface area contributed by atoms with Crippen molar-refractivity contribution in [3.05, 3.63) is 60.7 Å². The Morgan fingerprint density at radius 1 is 0.970 bits per heavy atom. The molecule has 0 unspecified atom stereocenters. The molecule has 1 fully saturated rings. The van der Waals surface area contributed by atoms with Gasteiger partial charge in [0.25, 0.3) is 8.32 Å². The zero-order chi connectivity index (χ0) is 24.3. The zero-order valence-corrected chi connectivity index (χ0v) is 21.9. The van der Waals surface area contributed by atoms with Crippen LogP contribution in [0.15, 0.2) is 60.7 Å². The van der Waals surface area contributed by atoms with E-state index in [-0.39, 0.29) is 11.6 Å². The maximum absolute atomic E-state index is 13.0. The highest BCUT2D eigenvalue weighted by Crippen LogP contribution is 2.37. The number of amides is 1. The van der Waals surface area contributed by atoms with E-state index in [9.17, 15) is 9.90 Å². The van der Waals surface area contributed by atoms with Crippen LogP contribution in [-0.4, -0.2) is 55.3 Å². The van der Waals surface area contributed by atoms with Gasteiger partial charge in [-0.2, -0.15) is 0 Å². The van der Waals surface area contributed by atoms with E-state index in [0.29, 0.717) is 13.0 Å². The van der Waals surface area contributed by atoms with E-state index in [0.717, 1.165) is 6.42 Å². The number of carbonyl (C=O) groups excluding carboxylic acids is 1. The van der Waals surface area contributed by atoms with E-state index in [2.05, 4.69) is 69.3 Å². The van der Waals surface area contributed by atoms with Gasteiger partial charge in [-0.25, -0.2) is 4.79 Å². The molecule has 33 heavy (non-hydrogen) atoms. The second-order valence-electron chi connectivity index (χ2n) is 10.9. The molecule has 0 bridgehead atoms. The maximum atomic E-state index is 13.0. The van der Waals surface area contributed by atoms with Crippen molar-refractivity contribution in [1.29, 1.82) is 0 Å². The number of ether oxygens (including phenoxy) is 1. The van der Waals surface area contributed by atoms with E-state index < -0.39 is 32.2 Å². The highest BCUT2D eigenvalue weighted by atomic mass is 28.4. The highest BCUT2D eigenvalue weighted by molar-refractivity contribution is 6.99. The molecule has 1 aliphatic heterocycles. The molecule has 2 atom stereocenters. The van der Waals surface area contributed by atoms with Crippen LogP contribution in [0.5, 0.6) is 0 Å². The van der Waals surface area contributed by atoms with Crippen molar-refractivity contribution in [1.82, 2.24) is 4.90 Å². The fourth-order valence-electron chi connectivity index (χ4n) is 4.76. The topological polar surface area (TPSA) is 59.0 Å². The Balaban J connectivity index is 2.00. The highest BCUT2D eigenvalue weighted by Gasteiger charge is 2.51. The van der Waals surface area contributed by atoms with Crippen molar-refractivity contribution in [2.24, 2.45) is 0 Å². The lowest BCUT2D eigenvalue weighted by molar-refractivity contribution is -0.0352. The summed E-state index contributed by atoms with van der Waals surface area (Å²) in [5.41, 5.74) is -0.594. The Kier molecular flexibility index (Phi) is 7.71. The molecule has 0 radical (unpaired) electrons. The van der Waals surface area contributed by atoms with Crippen LogP contribution in [0.25, 0.3) is 0 Å². The molecule has 5 nitrogen and oxygen atoms in total. The first kappa shape index (κ1) is 25.5. The number of aliphatic hydroxyl groups excluding tert-OH is 1. The molecule has 1 aliphatic rings. The van der Waals surface area contributed by atoms with Crippen LogP contribution < -0.4 is 10.4 Å². The fourth-order valence-corrected chi connectivity index (χ4v) is 9.33. The van der Waals surface area contributed by atoms with Gasteiger partial charge in [0, 0.05) is 6.54 Å². The van der Waals surface area contributed by atoms with E-state index in [1.807, 2.05) is 32.9 Å². The summed E-state index contributed by atoms with van der Waals surface area (Å²) in [6, 6.07) is 20.4. The van der Waals surface area contributed by atoms with Gasteiger partial charge in [0.15, 0.2) is 0 Å². The molecule has 2 aromatic carbocycles. The van der Waals surface area contributed by atoms with Gasteiger partial charge in [-0.3, -0.25) is 0 Å². The lowest BCUT2D eigenvalue weighted by Crippen LogP contribution is -2.68. The predicted octanol–water partition coefficient (Wildman–Crippen LogP) is 4.32. The number of carbonyl (C=O) groups is 1. The van der Waals surface area contributed by atoms with E-state index in [1.165, 1.54) is 10.4 Å². The van der Waals surface area contributed by atoms with Crippen LogP contribution in [0.1, 0.15) is 54.4 Å². The smallest absolute Gasteiger partial charge is 0.410 e. The largest absolute Gasteiger partial charge is 0.444 e. The second kappa shape index (κ2) is 10.00. The van der Waals surface area contributed by atoms with Crippen LogP contribution in [0.2, 0.25) is 5.04 Å². The first-order chi connectivity index (χ1) is 15.5. The van der Waals surface area contributed by atoms with Gasteiger partial charge in [0.05, 0.1) is 18.8 Å². The number of hydrogen-bond acceptors (Lipinski definition) is 4. The van der Waals surface area contributed by atoms with E-state index >= 15 is 0 Å². The molecule has 3 rings (SSSR count). The molecule has 180 valence electrons. The molecule has 0 spiro atoms. The molecule has 0 saturated carbocycles. The monoisotopic (exact) mass is 469 g/mol. The summed E-state index contributed by atoms with van der Waals surface area (Å²) in [6.07, 6.45) is 0.353. The van der Waals surface area contributed by atoms with Crippen molar-refractivity contribution in [3.63, 3.8) is 0 Å². The van der Waals surface area contributed by atoms with Gasteiger partial charge in [0.2, 0.25) is 0 Å². The standard InChI is InChI=1S/C27H39NO4Si/c1-26(2,3)32-25(30)28-19-13-18-24(29)23(28)20-31-33(27(4,5)6,21-14-9-7-10-15-21)22-16-11-8-12-17-22/h7-12,14-17,23-24,29H,13,18-20H2,1-6H3/t23-,24-/m1/s1. The van der Waals surface area contributed by atoms with Gasteiger partial charge in [0.1, 0.15) is 5.60 Å². The minimum Gasteiger partial charge on any atom is -0.444 e. The number of likely N-dealkylation sites (tertiary alicyclic amines) is 1. The number of rotatable bonds is 5. The van der Waals surface area contributed by atoms with Crippen LogP contribution in [0, 0.1) is 0 Å². The number of nitrogens with zero attached hydrogens (tertiary/aromatic N) is 1. The minimum absolute atomic E-state index is 0.175. The molecule has 1 N–H and O–H groups in total. The third-order valence-corrected chi connectivity index (χ3v) is 11.3. The van der Waals surface area contributed by atoms with Gasteiger partial charge >= 0.3 is 6.09 Å². The van der Waals surface area contributed by atoms with Crippen LogP contribution in [0.3, 0.4) is 0 Å². The molecule has 1 saturated heterocycles. The molecule has 1 amide bonds. The lowest BCUT2D eigenvalue weighted by Gasteiger charge is -2.46. The average molecular weight is 470 g/mol. The van der Waals surface area contributed by atoms with Crippen LogP contribution >= 0.6 is 0 Å². The third-order valence-electron chi connectivity index (χ3n) is 6.26. The summed E-state index contributed by atoms with van der Waals surface area (Å²) >= 11 is 0. The molecule has 6 heteroatoms. The first-order valence-corrected chi connectivity index (χ1v) is 13.8. The predicted molar refractivity (Wildman–Crippen MR) is 136 cm³/mol. The summed E-state index contributed by atoms with van der Waals surface area (Å²) in [6.45, 7) is 13.1. The molecular formula is C27H39NO4Si. The molecule has 1 heterocycles. The fraction of sp³-hybridized carbons (Fsp3) is 0.519. The Bertz CT molecular complexity index is 866. The summed E-state index contributed by atoms with van der Waals surface area (Å²) in [4.78, 5) is 14.6. The Morgan fingerprint density at radius 3 is 1.94 bits per heavy atom. The van der Waals surface area contributed by atoms with Crippen molar-refractivity contribution in [2.45, 2.75) is 77.2 Å². The van der Waals surface area contributed by atoms with Crippen molar-refractivity contribution < 1.29 is 19.1 Å². The summed E-state index contributed by atoms with van der Waals surface area (Å²) in [7, 11) is -2.76. The van der Waals surface area contributed by atoms with Gasteiger partial charge in [-0.15, -0.1) is 0 Å². The third kappa shape index (κ3) is 5.68. The van der Waals surface area contributed by atoms with Crippen LogP contribution in [-0.2, 0) is 9.16 Å². The first-order valence-electron chi connectivity index (χ1n) is 11.9. The Morgan fingerprint density at radius 2 is 1.48 bits per heavy atom. The van der Waals surface area contributed by atoms with Gasteiger partial charge in [-0.05, 0) is 49.0 Å². The van der Waals surface area contributed by atoms with E-state index in [1.54, 1.807) is 4.90 Å². The minimum atomic E-state index is -2.76. The van der Waals surface area contributed by atoms with Crippen molar-refractivity contribution in [2.75, 3.05) is 13.2 Å². The maximum Gasteiger partial charge on any atom is 0.410 e. The molecular weight excluding hydrogens is 430 g/mol. The SMILES string of the molecule is CC(C)(C)OC(=O)N1CCC[C@@H](O)[C@H]1CO[Si](c1ccccc1)(c1ccccc1)C(C)(C)C. The van der Waals surface area contributed by atoms with E-state index in [4.69, 9.17) is 9.16 Å². The summed E-state index contributed by atoms with van der Waals surface area (Å²) in [5, 5.41) is 13.1. The number of benzene rings is 2. The van der Waals surface area contributed by atoms with Gasteiger partial charge in [-0.1, -0.05) is 81.4 Å². The quantitative estimate of drug-likeness (QED) is 0.663. The second-order valence-corrected chi connectivity index (χ2v) is 15.2. The number of hydrogen-bond donors (Lipinski definition) is 1. The van der Waals surface area contributed by atoms with Crippen LogP contribution in [0.4, 0.5) is 4.79 Å². The summed E-state index contributed by atoms with van der Waals surface area (Å²) < 4.78 is 12.7. The Labute approximate surface area is 199 Å². The number of aliphatic hydroxyl groups is 1. The molecule has 0 aromatic heterocycles. The Hall–Kier alpha value is -2.15. The lowest BCUT2D eigenvalue weighted by atomic mass is 10.00. The van der Waals surface area contributed by atoms with Crippen molar-refractivity contribution in [3.8, 4) is 0 Å². The number of piperidine rings is 1. The molecule has 2 aromatic rings. The van der Waals surface area contributed by atoms with Gasteiger partial charge < -0.3 is 19.2 Å². The normalized spacial score (nSPS) is 19.9. The van der Waals surface area contributed by atoms with Crippen molar-refractivity contribution >= 4 is 24.8 Å². The zero-order valence-electron chi connectivity index (χ0n) is 20.9. The average Bonchev–Trinajstić information content (AvgIpc) is 2.74. The molecule has 0 aliphatic carbocycles. The summed E-state index contributed by atoms with van der Waals surface area (Å²) in [5.74, 6) is 0.